The third kappa shape index (κ3) is 3.02. The second kappa shape index (κ2) is 6.62. The number of carbonyl (C=O) groups excluding carboxylic acids is 1. The fraction of sp³-hybridized carbons (Fsp3) is 0.278. The molecular formula is C18H15ClN2O6. The molecule has 0 saturated heterocycles. The van der Waals surface area contributed by atoms with Gasteiger partial charge in [0.25, 0.3) is 5.56 Å². The smallest absolute Gasteiger partial charge is 0.342 e. The lowest BCUT2D eigenvalue weighted by molar-refractivity contribution is 0.0472. The maximum absolute atomic E-state index is 12.6. The van der Waals surface area contributed by atoms with Gasteiger partial charge in [-0.15, -0.1) is 0 Å². The van der Waals surface area contributed by atoms with Crippen LogP contribution < -0.4 is 15.0 Å². The topological polar surface area (TPSA) is 92.8 Å². The summed E-state index contributed by atoms with van der Waals surface area (Å²) in [6.45, 7) is 2.38. The SMILES string of the molecule is Cc1oc2ncn(C)c(=O)c2c1C(=O)OCc1cc(Cl)c2c(c1)OCCO2. The van der Waals surface area contributed by atoms with E-state index in [0.29, 0.717) is 35.3 Å². The van der Waals surface area contributed by atoms with Crippen molar-refractivity contribution in [3.05, 3.63) is 50.7 Å². The van der Waals surface area contributed by atoms with Gasteiger partial charge in [0.2, 0.25) is 5.71 Å². The largest absolute Gasteiger partial charge is 0.486 e. The number of furan rings is 1. The Morgan fingerprint density at radius 3 is 2.93 bits per heavy atom. The number of hydrogen-bond acceptors (Lipinski definition) is 7. The molecule has 0 spiro atoms. The number of ether oxygens (including phenoxy) is 3. The Bertz CT molecular complexity index is 1120. The van der Waals surface area contributed by atoms with Gasteiger partial charge in [-0.25, -0.2) is 9.78 Å². The van der Waals surface area contributed by atoms with Crippen molar-refractivity contribution < 1.29 is 23.4 Å². The zero-order valence-electron chi connectivity index (χ0n) is 14.6. The Hall–Kier alpha value is -3.00. The highest BCUT2D eigenvalue weighted by atomic mass is 35.5. The van der Waals surface area contributed by atoms with E-state index < -0.39 is 5.97 Å². The van der Waals surface area contributed by atoms with Crippen LogP contribution in [-0.2, 0) is 18.4 Å². The molecule has 0 amide bonds. The van der Waals surface area contributed by atoms with Gasteiger partial charge in [-0.2, -0.15) is 0 Å². The first-order valence-corrected chi connectivity index (χ1v) is 8.53. The van der Waals surface area contributed by atoms with Crippen molar-refractivity contribution in [3.8, 4) is 11.5 Å². The normalized spacial score (nSPS) is 13.0. The quantitative estimate of drug-likeness (QED) is 0.634. The summed E-state index contributed by atoms with van der Waals surface area (Å²) in [6, 6.07) is 3.35. The predicted molar refractivity (Wildman–Crippen MR) is 95.5 cm³/mol. The van der Waals surface area contributed by atoms with E-state index in [1.54, 1.807) is 26.1 Å². The molecule has 0 radical (unpaired) electrons. The van der Waals surface area contributed by atoms with E-state index in [9.17, 15) is 9.59 Å². The van der Waals surface area contributed by atoms with Crippen LogP contribution in [0.25, 0.3) is 11.1 Å². The first-order chi connectivity index (χ1) is 13.0. The number of aryl methyl sites for hydroxylation is 2. The van der Waals surface area contributed by atoms with Crippen molar-refractivity contribution in [3.63, 3.8) is 0 Å². The van der Waals surface area contributed by atoms with Crippen LogP contribution in [0.2, 0.25) is 5.02 Å². The van der Waals surface area contributed by atoms with Gasteiger partial charge < -0.3 is 23.2 Å². The summed E-state index contributed by atoms with van der Waals surface area (Å²) in [7, 11) is 1.55. The zero-order valence-corrected chi connectivity index (χ0v) is 15.3. The average Bonchev–Trinajstić information content (AvgIpc) is 3.00. The molecule has 0 N–H and O–H groups in total. The molecule has 0 aliphatic carbocycles. The van der Waals surface area contributed by atoms with Gasteiger partial charge in [0, 0.05) is 7.05 Å². The summed E-state index contributed by atoms with van der Waals surface area (Å²) < 4.78 is 23.0. The third-order valence-corrected chi connectivity index (χ3v) is 4.46. The number of aromatic nitrogens is 2. The van der Waals surface area contributed by atoms with E-state index in [1.165, 1.54) is 10.9 Å². The third-order valence-electron chi connectivity index (χ3n) is 4.18. The number of esters is 1. The van der Waals surface area contributed by atoms with Crippen molar-refractivity contribution in [1.82, 2.24) is 9.55 Å². The Labute approximate surface area is 158 Å². The summed E-state index contributed by atoms with van der Waals surface area (Å²) in [5, 5.41) is 0.476. The number of rotatable bonds is 3. The minimum absolute atomic E-state index is 0.0537. The summed E-state index contributed by atoms with van der Waals surface area (Å²) in [6.07, 6.45) is 1.33. The van der Waals surface area contributed by atoms with Crippen molar-refractivity contribution in [2.24, 2.45) is 7.05 Å². The van der Waals surface area contributed by atoms with Gasteiger partial charge in [-0.3, -0.25) is 4.79 Å². The van der Waals surface area contributed by atoms with E-state index in [2.05, 4.69) is 4.98 Å². The van der Waals surface area contributed by atoms with Crippen LogP contribution in [0.4, 0.5) is 0 Å². The van der Waals surface area contributed by atoms with Crippen LogP contribution in [-0.4, -0.2) is 28.7 Å². The summed E-state index contributed by atoms with van der Waals surface area (Å²) in [5.41, 5.74) is 0.424. The van der Waals surface area contributed by atoms with Gasteiger partial charge in [0.15, 0.2) is 11.5 Å². The fourth-order valence-corrected chi connectivity index (χ4v) is 3.19. The van der Waals surface area contributed by atoms with Crippen LogP contribution in [0, 0.1) is 6.92 Å². The maximum Gasteiger partial charge on any atom is 0.342 e. The number of hydrogen-bond donors (Lipinski definition) is 0. The number of carbonyl (C=O) groups is 1. The van der Waals surface area contributed by atoms with Gasteiger partial charge in [0.05, 0.1) is 5.02 Å². The van der Waals surface area contributed by atoms with E-state index in [0.717, 1.165) is 0 Å². The van der Waals surface area contributed by atoms with Crippen molar-refractivity contribution in [1.29, 1.82) is 0 Å². The number of nitrogens with zero attached hydrogens (tertiary/aromatic N) is 2. The minimum Gasteiger partial charge on any atom is -0.486 e. The molecule has 0 unspecified atom stereocenters. The van der Waals surface area contributed by atoms with E-state index in [4.69, 9.17) is 30.2 Å². The van der Waals surface area contributed by atoms with Crippen molar-refractivity contribution in [2.75, 3.05) is 13.2 Å². The summed E-state index contributed by atoms with van der Waals surface area (Å²) in [4.78, 5) is 29.0. The van der Waals surface area contributed by atoms with E-state index >= 15 is 0 Å². The number of fused-ring (bicyclic) bond motifs is 2. The van der Waals surface area contributed by atoms with Crippen molar-refractivity contribution in [2.45, 2.75) is 13.5 Å². The molecule has 3 aromatic rings. The molecule has 0 atom stereocenters. The minimum atomic E-state index is -0.678. The Kier molecular flexibility index (Phi) is 4.27. The molecule has 1 aliphatic heterocycles. The average molecular weight is 391 g/mol. The van der Waals surface area contributed by atoms with E-state index in [-0.39, 0.29) is 34.6 Å². The highest BCUT2D eigenvalue weighted by molar-refractivity contribution is 6.32. The molecule has 0 fully saturated rings. The maximum atomic E-state index is 12.6. The lowest BCUT2D eigenvalue weighted by Crippen LogP contribution is -2.19. The number of benzene rings is 1. The molecule has 4 rings (SSSR count). The molecule has 1 aliphatic rings. The van der Waals surface area contributed by atoms with Crippen LogP contribution >= 0.6 is 11.6 Å². The molecule has 27 heavy (non-hydrogen) atoms. The van der Waals surface area contributed by atoms with Crippen LogP contribution in [0.1, 0.15) is 21.7 Å². The standard InChI is InChI=1S/C18H15ClN2O6/c1-9-13(14-16(27-9)20-8-21(2)17(14)22)18(23)26-7-10-5-11(19)15-12(6-10)24-3-4-25-15/h5-6,8H,3-4,7H2,1-2H3. The van der Waals surface area contributed by atoms with Gasteiger partial charge in [0.1, 0.15) is 42.9 Å². The molecule has 8 nitrogen and oxygen atoms in total. The second-order valence-electron chi connectivity index (χ2n) is 6.05. The first-order valence-electron chi connectivity index (χ1n) is 8.15. The molecule has 140 valence electrons. The Morgan fingerprint density at radius 2 is 2.11 bits per heavy atom. The predicted octanol–water partition coefficient (Wildman–Crippen LogP) is 2.62. The molecule has 2 aromatic heterocycles. The molecule has 1 aromatic carbocycles. The van der Waals surface area contributed by atoms with Crippen LogP contribution in [0.5, 0.6) is 11.5 Å². The highest BCUT2D eigenvalue weighted by Crippen LogP contribution is 2.38. The Balaban J connectivity index is 1.62. The molecular weight excluding hydrogens is 376 g/mol. The van der Waals surface area contributed by atoms with Crippen LogP contribution in [0.15, 0.2) is 27.7 Å². The highest BCUT2D eigenvalue weighted by Gasteiger charge is 2.24. The lowest BCUT2D eigenvalue weighted by atomic mass is 10.2. The van der Waals surface area contributed by atoms with E-state index in [1.807, 2.05) is 0 Å². The van der Waals surface area contributed by atoms with Gasteiger partial charge in [-0.05, 0) is 24.6 Å². The molecule has 0 bridgehead atoms. The van der Waals surface area contributed by atoms with Gasteiger partial charge in [-0.1, -0.05) is 11.6 Å². The summed E-state index contributed by atoms with van der Waals surface area (Å²) >= 11 is 6.19. The molecule has 0 saturated carbocycles. The number of halogens is 1. The van der Waals surface area contributed by atoms with Gasteiger partial charge >= 0.3 is 5.97 Å². The summed E-state index contributed by atoms with van der Waals surface area (Å²) in [5.74, 6) is 0.570. The second-order valence-corrected chi connectivity index (χ2v) is 6.46. The lowest BCUT2D eigenvalue weighted by Gasteiger charge is -2.20. The zero-order chi connectivity index (χ0) is 19.1. The van der Waals surface area contributed by atoms with Crippen LogP contribution in [0.3, 0.4) is 0 Å². The molecule has 9 heteroatoms. The van der Waals surface area contributed by atoms with Crippen molar-refractivity contribution >= 4 is 28.7 Å². The molecule has 3 heterocycles. The first kappa shape index (κ1) is 17.4. The fourth-order valence-electron chi connectivity index (χ4n) is 2.90. The Morgan fingerprint density at radius 1 is 1.33 bits per heavy atom. The monoisotopic (exact) mass is 390 g/mol.